The van der Waals surface area contributed by atoms with Crippen molar-refractivity contribution in [2.75, 3.05) is 5.32 Å². The van der Waals surface area contributed by atoms with Gasteiger partial charge in [0.2, 0.25) is 0 Å². The maximum Gasteiger partial charge on any atom is 0.187 e. The summed E-state index contributed by atoms with van der Waals surface area (Å²) in [6.45, 7) is 0. The summed E-state index contributed by atoms with van der Waals surface area (Å²) < 4.78 is 0. The first-order valence-electron chi connectivity index (χ1n) is 7.53. The minimum atomic E-state index is 0.836. The van der Waals surface area contributed by atoms with Gasteiger partial charge in [-0.1, -0.05) is 47.7 Å². The number of rotatable bonds is 4. The lowest BCUT2D eigenvalue weighted by Crippen LogP contribution is -1.91. The fraction of sp³-hybridized carbons (Fsp3) is 0. The highest BCUT2D eigenvalue weighted by Gasteiger charge is 2.05. The molecule has 0 radical (unpaired) electrons. The Labute approximate surface area is 143 Å². The maximum absolute atomic E-state index is 4.51. The van der Waals surface area contributed by atoms with Crippen LogP contribution >= 0.6 is 11.3 Å². The van der Waals surface area contributed by atoms with Crippen molar-refractivity contribution in [1.29, 1.82) is 0 Å². The van der Waals surface area contributed by atoms with Crippen LogP contribution in [0.4, 0.5) is 10.8 Å². The largest absolute Gasteiger partial charge is 0.330 e. The average molecular weight is 330 g/mol. The van der Waals surface area contributed by atoms with E-state index in [1.54, 1.807) is 17.5 Å². The first-order chi connectivity index (χ1) is 11.9. The van der Waals surface area contributed by atoms with Gasteiger partial charge in [-0.25, -0.2) is 4.98 Å². The SMILES string of the molecule is c1ccc(-c2ccc(Nc3ncc(-c4cccnc4)s3)cn2)cc1. The van der Waals surface area contributed by atoms with Crippen molar-refractivity contribution in [2.45, 2.75) is 0 Å². The lowest BCUT2D eigenvalue weighted by Gasteiger charge is -2.04. The van der Waals surface area contributed by atoms with Crippen molar-refractivity contribution in [1.82, 2.24) is 15.0 Å². The quantitative estimate of drug-likeness (QED) is 0.571. The van der Waals surface area contributed by atoms with Crippen LogP contribution in [-0.2, 0) is 0 Å². The number of hydrogen-bond acceptors (Lipinski definition) is 5. The van der Waals surface area contributed by atoms with Crippen molar-refractivity contribution < 1.29 is 0 Å². The van der Waals surface area contributed by atoms with E-state index >= 15 is 0 Å². The number of thiazole rings is 1. The third-order valence-electron chi connectivity index (χ3n) is 3.54. The lowest BCUT2D eigenvalue weighted by molar-refractivity contribution is 1.31. The molecular weight excluding hydrogens is 316 g/mol. The molecule has 0 unspecified atom stereocenters. The van der Waals surface area contributed by atoms with Crippen LogP contribution in [0, 0.1) is 0 Å². The average Bonchev–Trinajstić information content (AvgIpc) is 3.12. The van der Waals surface area contributed by atoms with Crippen molar-refractivity contribution in [3.05, 3.63) is 79.4 Å². The molecule has 4 rings (SSSR count). The summed E-state index contributed by atoms with van der Waals surface area (Å²) in [7, 11) is 0. The van der Waals surface area contributed by atoms with E-state index < -0.39 is 0 Å². The highest BCUT2D eigenvalue weighted by atomic mass is 32.1. The van der Waals surface area contributed by atoms with Gasteiger partial charge in [0.05, 0.1) is 22.5 Å². The van der Waals surface area contributed by atoms with Gasteiger partial charge in [0, 0.05) is 29.7 Å². The summed E-state index contributed by atoms with van der Waals surface area (Å²) in [5, 5.41) is 4.13. The van der Waals surface area contributed by atoms with Crippen LogP contribution in [0.3, 0.4) is 0 Å². The van der Waals surface area contributed by atoms with E-state index in [-0.39, 0.29) is 0 Å². The molecule has 3 heterocycles. The number of anilines is 2. The van der Waals surface area contributed by atoms with Gasteiger partial charge in [-0.3, -0.25) is 9.97 Å². The van der Waals surface area contributed by atoms with Crippen molar-refractivity contribution in [3.63, 3.8) is 0 Å². The van der Waals surface area contributed by atoms with Gasteiger partial charge in [0.25, 0.3) is 0 Å². The van der Waals surface area contributed by atoms with Crippen LogP contribution in [0.1, 0.15) is 0 Å². The Kier molecular flexibility index (Phi) is 4.00. The molecule has 0 aliphatic heterocycles. The Morgan fingerprint density at radius 1 is 0.750 bits per heavy atom. The van der Waals surface area contributed by atoms with Gasteiger partial charge >= 0.3 is 0 Å². The predicted molar refractivity (Wildman–Crippen MR) is 98.3 cm³/mol. The van der Waals surface area contributed by atoms with Gasteiger partial charge in [0.15, 0.2) is 5.13 Å². The summed E-state index contributed by atoms with van der Waals surface area (Å²) in [5.41, 5.74) is 4.05. The Bertz CT molecular complexity index is 919. The molecule has 116 valence electrons. The van der Waals surface area contributed by atoms with E-state index in [0.29, 0.717) is 0 Å². The first-order valence-corrected chi connectivity index (χ1v) is 8.35. The van der Waals surface area contributed by atoms with E-state index in [1.807, 2.05) is 61.1 Å². The molecule has 0 bridgehead atoms. The number of pyridine rings is 2. The molecule has 0 aliphatic carbocycles. The zero-order valence-electron chi connectivity index (χ0n) is 12.8. The minimum absolute atomic E-state index is 0.836. The first kappa shape index (κ1) is 14.5. The van der Waals surface area contributed by atoms with Crippen LogP contribution < -0.4 is 5.32 Å². The van der Waals surface area contributed by atoms with Crippen molar-refractivity contribution >= 4 is 22.2 Å². The molecule has 0 spiro atoms. The number of nitrogens with zero attached hydrogens (tertiary/aromatic N) is 3. The molecule has 3 aromatic heterocycles. The molecule has 0 amide bonds. The van der Waals surface area contributed by atoms with Crippen molar-refractivity contribution in [2.24, 2.45) is 0 Å². The molecule has 0 aliphatic rings. The van der Waals surface area contributed by atoms with Gasteiger partial charge in [-0.05, 0) is 18.2 Å². The molecule has 0 saturated heterocycles. The minimum Gasteiger partial charge on any atom is -0.330 e. The van der Waals surface area contributed by atoms with E-state index in [0.717, 1.165) is 32.5 Å². The van der Waals surface area contributed by atoms with Crippen molar-refractivity contribution in [3.8, 4) is 21.7 Å². The second kappa shape index (κ2) is 6.60. The third-order valence-corrected chi connectivity index (χ3v) is 4.50. The molecule has 0 saturated carbocycles. The molecule has 4 aromatic rings. The number of hydrogen-bond donors (Lipinski definition) is 1. The van der Waals surface area contributed by atoms with Crippen LogP contribution in [0.2, 0.25) is 0 Å². The summed E-state index contributed by atoms with van der Waals surface area (Å²) in [6.07, 6.45) is 7.29. The van der Waals surface area contributed by atoms with E-state index in [9.17, 15) is 0 Å². The van der Waals surface area contributed by atoms with Gasteiger partial charge in [0.1, 0.15) is 0 Å². The molecule has 0 fully saturated rings. The lowest BCUT2D eigenvalue weighted by atomic mass is 10.1. The number of aromatic nitrogens is 3. The monoisotopic (exact) mass is 330 g/mol. The van der Waals surface area contributed by atoms with Gasteiger partial charge < -0.3 is 5.32 Å². The van der Waals surface area contributed by atoms with Crippen LogP contribution in [-0.4, -0.2) is 15.0 Å². The third kappa shape index (κ3) is 3.16. The summed E-state index contributed by atoms with van der Waals surface area (Å²) >= 11 is 1.59. The molecule has 24 heavy (non-hydrogen) atoms. The van der Waals surface area contributed by atoms with Gasteiger partial charge in [-0.15, -0.1) is 0 Å². The van der Waals surface area contributed by atoms with E-state index in [4.69, 9.17) is 0 Å². The fourth-order valence-electron chi connectivity index (χ4n) is 2.34. The topological polar surface area (TPSA) is 50.7 Å². The maximum atomic E-state index is 4.51. The fourth-order valence-corrected chi connectivity index (χ4v) is 3.17. The Hall–Kier alpha value is -3.05. The van der Waals surface area contributed by atoms with E-state index in [2.05, 4.69) is 32.4 Å². The molecule has 1 aromatic carbocycles. The zero-order valence-corrected chi connectivity index (χ0v) is 13.6. The smallest absolute Gasteiger partial charge is 0.187 e. The Morgan fingerprint density at radius 3 is 2.38 bits per heavy atom. The van der Waals surface area contributed by atoms with Crippen LogP contribution in [0.15, 0.2) is 79.4 Å². The highest BCUT2D eigenvalue weighted by molar-refractivity contribution is 7.18. The second-order valence-electron chi connectivity index (χ2n) is 5.19. The molecule has 0 atom stereocenters. The predicted octanol–water partition coefficient (Wildman–Crippen LogP) is 5.01. The van der Waals surface area contributed by atoms with E-state index in [1.165, 1.54) is 0 Å². The molecule has 1 N–H and O–H groups in total. The normalized spacial score (nSPS) is 10.5. The molecule has 5 heteroatoms. The number of nitrogens with one attached hydrogen (secondary N) is 1. The Balaban J connectivity index is 1.51. The highest BCUT2D eigenvalue weighted by Crippen LogP contribution is 2.30. The molecular formula is C19H14N4S. The summed E-state index contributed by atoms with van der Waals surface area (Å²) in [6, 6.07) is 18.1. The van der Waals surface area contributed by atoms with Crippen LogP contribution in [0.25, 0.3) is 21.7 Å². The second-order valence-corrected chi connectivity index (χ2v) is 6.23. The Morgan fingerprint density at radius 2 is 1.62 bits per heavy atom. The standard InChI is InChI=1S/C19H14N4S/c1-2-5-14(6-3-1)17-9-8-16(12-21-17)23-19-22-13-18(24-19)15-7-4-10-20-11-15/h1-13H,(H,22,23). The van der Waals surface area contributed by atoms with Crippen LogP contribution in [0.5, 0.6) is 0 Å². The zero-order chi connectivity index (χ0) is 16.2. The van der Waals surface area contributed by atoms with Gasteiger partial charge in [-0.2, -0.15) is 0 Å². The number of benzene rings is 1. The summed E-state index contributed by atoms with van der Waals surface area (Å²) in [5.74, 6) is 0. The summed E-state index contributed by atoms with van der Waals surface area (Å²) in [4.78, 5) is 14.2. The molecule has 4 nitrogen and oxygen atoms in total.